The molecule has 5 rings (SSSR count). The average Bonchev–Trinajstić information content (AvgIpc) is 3.14. The number of amides is 6. The van der Waals surface area contributed by atoms with Crippen molar-refractivity contribution in [1.29, 1.82) is 0 Å². The Morgan fingerprint density at radius 2 is 0.625 bits per heavy atom. The molecule has 2 aliphatic rings. The third-order valence-corrected chi connectivity index (χ3v) is 8.77. The Balaban J connectivity index is 1.03. The van der Waals surface area contributed by atoms with Crippen LogP contribution in [0.15, 0.2) is 72.8 Å². The standard InChI is InChI=1S/C36H40N6O6/c43-31(23-7-3-1-4-8-23)37-29-19-15-27(16-20-29)35(47)41-39-33(45)25-11-13-26(14-12-25)34(46)40-42-36(48)28-17-21-30(22-18-28)38-32(44)24-9-5-2-6-10-24/h11-24H,1-10H2,(H,37,43)(H,38,44)(H,39,45)(H,40,46)(H,41,47)(H,42,48). The molecule has 0 unspecified atom stereocenters. The van der Waals surface area contributed by atoms with Crippen molar-refractivity contribution in [3.05, 3.63) is 95.1 Å². The van der Waals surface area contributed by atoms with E-state index in [9.17, 15) is 28.8 Å². The monoisotopic (exact) mass is 652 g/mol. The lowest BCUT2D eigenvalue weighted by molar-refractivity contribution is -0.121. The SMILES string of the molecule is O=C(NNC(=O)c1ccc(C(=O)NNC(=O)c2ccc(NC(=O)C3CCCCC3)cc2)cc1)c1ccc(NC(=O)C2CCCCC2)cc1. The number of rotatable bonds is 8. The smallest absolute Gasteiger partial charge is 0.269 e. The minimum atomic E-state index is -0.599. The number of carbonyl (C=O) groups excluding carboxylic acids is 6. The Morgan fingerprint density at radius 1 is 0.375 bits per heavy atom. The fourth-order valence-corrected chi connectivity index (χ4v) is 5.92. The lowest BCUT2D eigenvalue weighted by Crippen LogP contribution is -2.42. The van der Waals surface area contributed by atoms with Gasteiger partial charge in [-0.05, 0) is 98.5 Å². The highest BCUT2D eigenvalue weighted by molar-refractivity contribution is 6.02. The minimum absolute atomic E-state index is 0.00809. The molecule has 0 radical (unpaired) electrons. The summed E-state index contributed by atoms with van der Waals surface area (Å²) in [4.78, 5) is 75.1. The van der Waals surface area contributed by atoms with Gasteiger partial charge in [-0.15, -0.1) is 0 Å². The topological polar surface area (TPSA) is 175 Å². The normalized spacial score (nSPS) is 15.0. The second kappa shape index (κ2) is 16.3. The van der Waals surface area contributed by atoms with E-state index in [-0.39, 0.29) is 45.9 Å². The molecule has 3 aromatic rings. The van der Waals surface area contributed by atoms with Crippen LogP contribution in [0.4, 0.5) is 11.4 Å². The van der Waals surface area contributed by atoms with E-state index in [1.165, 1.54) is 24.3 Å². The zero-order valence-corrected chi connectivity index (χ0v) is 26.6. The summed E-state index contributed by atoms with van der Waals surface area (Å²) in [6.45, 7) is 0. The van der Waals surface area contributed by atoms with Gasteiger partial charge in [-0.2, -0.15) is 0 Å². The maximum absolute atomic E-state index is 12.6. The van der Waals surface area contributed by atoms with Crippen molar-refractivity contribution >= 4 is 46.8 Å². The Bertz CT molecular complexity index is 1500. The van der Waals surface area contributed by atoms with Crippen molar-refractivity contribution in [2.75, 3.05) is 10.6 Å². The summed E-state index contributed by atoms with van der Waals surface area (Å²) < 4.78 is 0. The molecule has 0 spiro atoms. The number of hydrogen-bond donors (Lipinski definition) is 6. The Hall–Kier alpha value is -5.52. The van der Waals surface area contributed by atoms with Gasteiger partial charge in [-0.1, -0.05) is 38.5 Å². The first kappa shape index (κ1) is 33.8. The quantitative estimate of drug-likeness (QED) is 0.189. The van der Waals surface area contributed by atoms with Crippen molar-refractivity contribution < 1.29 is 28.8 Å². The van der Waals surface area contributed by atoms with Crippen LogP contribution in [0, 0.1) is 11.8 Å². The molecule has 2 fully saturated rings. The Labute approximate surface area is 278 Å². The van der Waals surface area contributed by atoms with Crippen LogP contribution in [0.3, 0.4) is 0 Å². The van der Waals surface area contributed by atoms with Crippen LogP contribution in [0.5, 0.6) is 0 Å². The van der Waals surface area contributed by atoms with E-state index in [0.29, 0.717) is 11.4 Å². The summed E-state index contributed by atoms with van der Waals surface area (Å²) in [5.41, 5.74) is 11.5. The molecule has 3 aromatic carbocycles. The maximum atomic E-state index is 12.6. The van der Waals surface area contributed by atoms with Crippen LogP contribution < -0.4 is 32.3 Å². The fourth-order valence-electron chi connectivity index (χ4n) is 5.92. The molecule has 6 N–H and O–H groups in total. The second-order valence-corrected chi connectivity index (χ2v) is 12.2. The van der Waals surface area contributed by atoms with Crippen molar-refractivity contribution in [1.82, 2.24) is 21.7 Å². The first-order chi connectivity index (χ1) is 23.3. The number of carbonyl (C=O) groups is 6. The van der Waals surface area contributed by atoms with Crippen LogP contribution in [0.2, 0.25) is 0 Å². The van der Waals surface area contributed by atoms with Gasteiger partial charge >= 0.3 is 0 Å². The second-order valence-electron chi connectivity index (χ2n) is 12.2. The number of hydrogen-bond acceptors (Lipinski definition) is 6. The van der Waals surface area contributed by atoms with Gasteiger partial charge in [0.25, 0.3) is 23.6 Å². The summed E-state index contributed by atoms with van der Waals surface area (Å²) in [5, 5.41) is 5.79. The zero-order valence-electron chi connectivity index (χ0n) is 26.6. The molecule has 6 amide bonds. The maximum Gasteiger partial charge on any atom is 0.269 e. The van der Waals surface area contributed by atoms with Gasteiger partial charge in [-0.25, -0.2) is 0 Å². The third-order valence-electron chi connectivity index (χ3n) is 8.77. The van der Waals surface area contributed by atoms with Crippen LogP contribution >= 0.6 is 0 Å². The van der Waals surface area contributed by atoms with Gasteiger partial charge in [0.05, 0.1) is 0 Å². The molecule has 0 heterocycles. The van der Waals surface area contributed by atoms with Gasteiger partial charge in [-0.3, -0.25) is 50.5 Å². The van der Waals surface area contributed by atoms with E-state index >= 15 is 0 Å². The summed E-state index contributed by atoms with van der Waals surface area (Å²) in [7, 11) is 0. The summed E-state index contributed by atoms with van der Waals surface area (Å²) in [5.74, 6) is -2.26. The van der Waals surface area contributed by atoms with Gasteiger partial charge in [0, 0.05) is 45.5 Å². The summed E-state index contributed by atoms with van der Waals surface area (Å²) >= 11 is 0. The van der Waals surface area contributed by atoms with E-state index in [1.54, 1.807) is 48.5 Å². The molecule has 2 saturated carbocycles. The Morgan fingerprint density at radius 3 is 0.896 bits per heavy atom. The van der Waals surface area contributed by atoms with Crippen LogP contribution in [0.25, 0.3) is 0 Å². The minimum Gasteiger partial charge on any atom is -0.326 e. The molecule has 0 saturated heterocycles. The number of benzene rings is 3. The number of nitrogens with one attached hydrogen (secondary N) is 6. The molecule has 0 bridgehead atoms. The van der Waals surface area contributed by atoms with E-state index in [4.69, 9.17) is 0 Å². The zero-order chi connectivity index (χ0) is 33.9. The lowest BCUT2D eigenvalue weighted by Gasteiger charge is -2.20. The van der Waals surface area contributed by atoms with Crippen molar-refractivity contribution in [2.24, 2.45) is 11.8 Å². The average molecular weight is 653 g/mol. The first-order valence-corrected chi connectivity index (χ1v) is 16.4. The first-order valence-electron chi connectivity index (χ1n) is 16.4. The molecule has 48 heavy (non-hydrogen) atoms. The summed E-state index contributed by atoms with van der Waals surface area (Å²) in [6, 6.07) is 18.4. The molecule has 0 atom stereocenters. The molecule has 250 valence electrons. The van der Waals surface area contributed by atoms with E-state index in [0.717, 1.165) is 64.2 Å². The third kappa shape index (κ3) is 9.27. The van der Waals surface area contributed by atoms with Gasteiger partial charge in [0.1, 0.15) is 0 Å². The molecular formula is C36H40N6O6. The highest BCUT2D eigenvalue weighted by atomic mass is 16.2. The molecule has 12 nitrogen and oxygen atoms in total. The van der Waals surface area contributed by atoms with Crippen LogP contribution in [0.1, 0.15) is 106 Å². The number of anilines is 2. The van der Waals surface area contributed by atoms with Crippen molar-refractivity contribution in [3.8, 4) is 0 Å². The fraction of sp³-hybridized carbons (Fsp3) is 0.333. The van der Waals surface area contributed by atoms with Crippen molar-refractivity contribution in [2.45, 2.75) is 64.2 Å². The van der Waals surface area contributed by atoms with Gasteiger partial charge in [0.2, 0.25) is 11.8 Å². The van der Waals surface area contributed by atoms with Crippen LogP contribution in [-0.2, 0) is 9.59 Å². The van der Waals surface area contributed by atoms with Gasteiger partial charge in [0.15, 0.2) is 0 Å². The largest absolute Gasteiger partial charge is 0.326 e. The predicted molar refractivity (Wildman–Crippen MR) is 180 cm³/mol. The molecule has 2 aliphatic carbocycles. The molecule has 0 aromatic heterocycles. The van der Waals surface area contributed by atoms with E-state index in [1.807, 2.05) is 0 Å². The predicted octanol–water partition coefficient (Wildman–Crippen LogP) is 4.87. The van der Waals surface area contributed by atoms with Crippen molar-refractivity contribution in [3.63, 3.8) is 0 Å². The molecule has 12 heteroatoms. The van der Waals surface area contributed by atoms with E-state index in [2.05, 4.69) is 32.3 Å². The highest BCUT2D eigenvalue weighted by Crippen LogP contribution is 2.26. The molecule has 0 aliphatic heterocycles. The Kier molecular flexibility index (Phi) is 11.5. The molecular weight excluding hydrogens is 612 g/mol. The summed E-state index contributed by atoms with van der Waals surface area (Å²) in [6.07, 6.45) is 10.1. The van der Waals surface area contributed by atoms with Crippen LogP contribution in [-0.4, -0.2) is 35.4 Å². The van der Waals surface area contributed by atoms with E-state index < -0.39 is 23.6 Å². The number of hydrazine groups is 2. The lowest BCUT2D eigenvalue weighted by atomic mass is 9.88. The van der Waals surface area contributed by atoms with Gasteiger partial charge < -0.3 is 10.6 Å². The highest BCUT2D eigenvalue weighted by Gasteiger charge is 2.22.